The summed E-state index contributed by atoms with van der Waals surface area (Å²) in [7, 11) is 0. The molecule has 5 amide bonds. The van der Waals surface area contributed by atoms with Gasteiger partial charge in [0.25, 0.3) is 32.7 Å². The van der Waals surface area contributed by atoms with E-state index in [-0.39, 0.29) is 167 Å². The van der Waals surface area contributed by atoms with Crippen molar-refractivity contribution in [2.45, 2.75) is 131 Å². The predicted molar refractivity (Wildman–Crippen MR) is 463 cm³/mol. The van der Waals surface area contributed by atoms with E-state index >= 15 is 0 Å². The van der Waals surface area contributed by atoms with E-state index < -0.39 is 247 Å². The van der Waals surface area contributed by atoms with Crippen molar-refractivity contribution in [3.05, 3.63) is 147 Å². The number of amides is 5. The van der Waals surface area contributed by atoms with Crippen molar-refractivity contribution in [3.8, 4) is 0 Å². The SMILES string of the molecule is [2H]c1nc(N(C([2H])([2H])[2H])[C@@]2([2H])CN(C(=O)C[N+]#[C-])CC[C@@]2([2H])C([2H])([2H])[2H])c2c([2H])c(C)[nH]c2n1.[2H]c1nc(N(C([2H])([2H])[2H])[C@@]2([2H])CN(C(=O)C[N+]#[C-])CC[C@@]2([2H])C)c2c([2H])c(C)[nH]c2n1.[2H]c1nc(N(C([2H])([2H])[2H])[C@@]2([2H])CN(C(=O)C[N+]#[C-])CC[C@H]2C([2H])([2H])[2H])c2c([2H])c(C)[nH]c2n1.[2H]c1nc(N(C([2H])([2H])[2H])[C@@]2([2H])CN(C(=O)C[N+]#[C-])CC[C@H]2C)c2c([2H])c(C)[nH]c2n1.[2H]c1nc(N([C@H]2CN(C(=O)C[N+]#[C-])CC[C@@]2([2H])C([2H])([2H])[2H])C([2H])([2H])[2H])c2c([2H])c(C)[nH]c2n1. The first kappa shape index (κ1) is 48.1. The van der Waals surface area contributed by atoms with Gasteiger partial charge in [0.05, 0.1) is 69.4 Å². The Bertz CT molecular complexity index is 7530. The molecule has 0 radical (unpaired) electrons. The van der Waals surface area contributed by atoms with Crippen molar-refractivity contribution in [3.63, 3.8) is 0 Å². The number of aromatic nitrogens is 15. The lowest BCUT2D eigenvalue weighted by Gasteiger charge is -2.41. The minimum absolute atomic E-state index is 0.00528. The van der Waals surface area contributed by atoms with Crippen molar-refractivity contribution in [2.75, 3.05) is 158 Å². The molecule has 0 aromatic carbocycles. The van der Waals surface area contributed by atoms with E-state index in [1.807, 2.05) is 0 Å². The third-order valence-corrected chi connectivity index (χ3v) is 19.9. The Morgan fingerprint density at radius 1 is 0.367 bits per heavy atom. The molecule has 0 saturated carbocycles. The molecule has 5 fully saturated rings. The smallest absolute Gasteiger partial charge is 0.302 e. The molecule has 35 heteroatoms. The average Bonchev–Trinajstić information content (AvgIpc) is 1.55. The fourth-order valence-corrected chi connectivity index (χ4v) is 13.5. The third kappa shape index (κ3) is 20.2. The van der Waals surface area contributed by atoms with Crippen LogP contribution >= 0.6 is 0 Å². The van der Waals surface area contributed by atoms with Crippen LogP contribution in [0.1, 0.15) is 151 Å². The Morgan fingerprint density at radius 3 is 0.933 bits per heavy atom. The number of fused-ring (bicyclic) bond motifs is 5. The van der Waals surface area contributed by atoms with Gasteiger partial charge in [0.2, 0.25) is 0 Å². The topological polar surface area (TPSA) is 347 Å². The first-order valence-electron chi connectivity index (χ1n) is 57.6. The fourth-order valence-electron chi connectivity index (χ4n) is 13.5. The summed E-state index contributed by atoms with van der Waals surface area (Å²) in [6, 6.07) is -11.5. The van der Waals surface area contributed by atoms with E-state index in [2.05, 4.69) is 99.0 Å². The van der Waals surface area contributed by atoms with Crippen LogP contribution in [0, 0.1) is 97.0 Å². The molecule has 120 heavy (non-hydrogen) atoms. The minimum atomic E-state index is -3.27. The molecule has 10 atom stereocenters. The Kier molecular flexibility index (Phi) is 15.8. The molecule has 5 saturated heterocycles. The molecule has 10 aromatic rings. The van der Waals surface area contributed by atoms with Crippen LogP contribution in [0.3, 0.4) is 0 Å². The first-order valence-corrected chi connectivity index (χ1v) is 37.1. The van der Waals surface area contributed by atoms with Crippen LogP contribution in [0.25, 0.3) is 79.4 Å². The summed E-state index contributed by atoms with van der Waals surface area (Å²) < 4.78 is 339. The number of nitrogens with one attached hydrogen (secondary N) is 5. The van der Waals surface area contributed by atoms with Gasteiger partial charge in [-0.2, -0.15) is 0 Å². The van der Waals surface area contributed by atoms with E-state index in [0.717, 1.165) is 14.7 Å². The summed E-state index contributed by atoms with van der Waals surface area (Å²) >= 11 is 0. The Hall–Kier alpha value is -13.1. The number of aryl methyl sites for hydroxylation is 5. The second kappa shape index (κ2) is 39.4. The second-order valence-corrected chi connectivity index (χ2v) is 28.1. The fraction of sp³-hybridized carbons (Fsp3) is 0.529. The summed E-state index contributed by atoms with van der Waals surface area (Å²) in [6.07, 6.45) is -3.55. The van der Waals surface area contributed by atoms with Crippen LogP contribution < -0.4 is 24.5 Å². The molecule has 10 aromatic heterocycles. The largest absolute Gasteiger partial charge is 0.354 e. The van der Waals surface area contributed by atoms with Gasteiger partial charge in [-0.1, -0.05) is 34.4 Å². The van der Waals surface area contributed by atoms with E-state index in [0.29, 0.717) is 55.3 Å². The zero-order valence-electron chi connectivity index (χ0n) is 107. The van der Waals surface area contributed by atoms with Gasteiger partial charge in [0.15, 0.2) is 0 Å². The molecule has 0 spiro atoms. The normalized spacial score (nSPS) is 30.9. The Morgan fingerprint density at radius 2 is 0.625 bits per heavy atom. The summed E-state index contributed by atoms with van der Waals surface area (Å²) in [5, 5.41) is -0.120. The monoisotopic (exact) mass is 1670 g/mol. The molecule has 15 heterocycles. The number of carbonyl (C=O) groups is 5. The van der Waals surface area contributed by atoms with E-state index in [9.17, 15) is 26.7 Å². The third-order valence-electron chi connectivity index (χ3n) is 19.9. The lowest BCUT2D eigenvalue weighted by molar-refractivity contribution is -0.131. The standard InChI is InChI=1S/5C17H22N6O/c5*1-11-5-6-23(15(24)8-18-3)9-14(11)22(4)17-13-7-12(2)21-16(13)19-10-20-17/h5*7,10-11,14H,5-6,8-9H2,1-2,4H3,(H,19,20,21)/t5*11-,14+/m11111/s1/i1D3,4D3,7D,10D,11D,14D;4D3,7D,10D,11D,14D;1D3,4D3,7D,10D,14D;1D3,4D3,7D,10D,11D;4D3,7D,10D,14D. The van der Waals surface area contributed by atoms with Crippen LogP contribution in [0.15, 0.2) is 61.7 Å². The van der Waals surface area contributed by atoms with Crippen LogP contribution in [0.5, 0.6) is 0 Å². The summed E-state index contributed by atoms with van der Waals surface area (Å²) in [4.78, 5) is 139. The molecular formula is C85H110N30O5. The molecule has 5 N–H and O–H groups in total. The van der Waals surface area contributed by atoms with Crippen LogP contribution in [0.2, 0.25) is 0 Å². The van der Waals surface area contributed by atoms with Gasteiger partial charge < -0.3 is 98.1 Å². The van der Waals surface area contributed by atoms with Crippen molar-refractivity contribution in [2.24, 2.45) is 29.5 Å². The predicted octanol–water partition coefficient (Wildman–Crippen LogP) is 9.29. The van der Waals surface area contributed by atoms with Gasteiger partial charge >= 0.3 is 29.5 Å². The maximum Gasteiger partial charge on any atom is 0.302 e. The Balaban J connectivity index is 0.000000189. The maximum atomic E-state index is 12.5. The van der Waals surface area contributed by atoms with Crippen molar-refractivity contribution < 1.29 is 80.2 Å². The number of piperidine rings is 5. The summed E-state index contributed by atoms with van der Waals surface area (Å²) in [5.41, 5.74) is 1.95. The second-order valence-electron chi connectivity index (χ2n) is 28.1. The Labute approximate surface area is 757 Å². The number of aromatic amines is 5. The van der Waals surface area contributed by atoms with Crippen LogP contribution in [-0.4, -0.2) is 292 Å². The van der Waals surface area contributed by atoms with Gasteiger partial charge in [-0.05, 0) is 126 Å². The molecule has 35 nitrogen and oxygen atoms in total. The van der Waals surface area contributed by atoms with E-state index in [4.69, 9.17) is 86.3 Å². The van der Waals surface area contributed by atoms with E-state index in [1.54, 1.807) is 34.6 Å². The number of nitrogens with zero attached hydrogens (tertiary/aromatic N) is 25. The molecule has 5 aliphatic heterocycles. The van der Waals surface area contributed by atoms with Crippen LogP contribution in [-0.2, 0) is 24.0 Å². The van der Waals surface area contributed by atoms with Crippen LogP contribution in [0.4, 0.5) is 29.1 Å². The lowest BCUT2D eigenvalue weighted by atomic mass is 9.92. The van der Waals surface area contributed by atoms with Gasteiger partial charge in [0, 0.05) is 166 Å². The first-order chi connectivity index (χ1) is 73.8. The van der Waals surface area contributed by atoms with Crippen molar-refractivity contribution >= 4 is 114 Å². The van der Waals surface area contributed by atoms with Gasteiger partial charge in [-0.3, -0.25) is 24.0 Å². The number of rotatable bonds is 15. The van der Waals surface area contributed by atoms with Gasteiger partial charge in [0.1, 0.15) is 95.7 Å². The molecule has 0 aliphatic carbocycles. The zero-order valence-corrected chi connectivity index (χ0v) is 66.1. The maximum absolute atomic E-state index is 12.5. The number of carbonyl (C=O) groups excluding carboxylic acids is 5. The molecule has 0 unspecified atom stereocenters. The number of likely N-dealkylation sites (tertiary alicyclic amines) is 5. The highest BCUT2D eigenvalue weighted by molar-refractivity contribution is 5.92. The number of likely N-dealkylation sites (N-methyl/N-ethyl adjacent to an activating group) is 5. The van der Waals surface area contributed by atoms with Gasteiger partial charge in [-0.15, -0.1) is 0 Å². The highest BCUT2D eigenvalue weighted by atomic mass is 16.2. The molecular weight excluding hydrogens is 1520 g/mol. The zero-order chi connectivity index (χ0) is 121. The summed E-state index contributed by atoms with van der Waals surface area (Å²) in [6.45, 7) is 16.5. The van der Waals surface area contributed by atoms with Gasteiger partial charge in [-0.25, -0.2) is 82.7 Å². The molecule has 5 aliphatic rings. The van der Waals surface area contributed by atoms with Crippen molar-refractivity contribution in [1.29, 1.82) is 0 Å². The quantitative estimate of drug-likeness (QED) is 0.0597. The highest BCUT2D eigenvalue weighted by Crippen LogP contribution is 2.36. The number of H-pyrrole nitrogens is 5. The lowest BCUT2D eigenvalue weighted by Crippen LogP contribution is -2.53. The average molecular weight is 1670 g/mol. The number of hydrogen-bond acceptors (Lipinski definition) is 20. The molecule has 15 rings (SSSR count). The molecule has 0 bridgehead atoms. The summed E-state index contributed by atoms with van der Waals surface area (Å²) in [5.74, 6) is -13.6. The highest BCUT2D eigenvalue weighted by Gasteiger charge is 2.39. The molecule has 630 valence electrons. The van der Waals surface area contributed by atoms with E-state index in [1.165, 1.54) is 28.5 Å². The number of anilines is 5. The van der Waals surface area contributed by atoms with Crippen molar-refractivity contribution in [1.82, 2.24) is 99.3 Å². The number of hydrogen-bond donors (Lipinski definition) is 5. The minimum Gasteiger partial charge on any atom is -0.354 e.